The fraction of sp³-hybridized carbons (Fsp3) is 0.647. The van der Waals surface area contributed by atoms with Crippen molar-refractivity contribution < 1.29 is 4.74 Å². The first-order valence-corrected chi connectivity index (χ1v) is 7.42. The van der Waals surface area contributed by atoms with E-state index in [0.29, 0.717) is 5.41 Å². The Morgan fingerprint density at radius 1 is 1.21 bits per heavy atom. The van der Waals surface area contributed by atoms with Crippen molar-refractivity contribution in [3.8, 4) is 5.75 Å². The highest BCUT2D eigenvalue weighted by Crippen LogP contribution is 2.50. The molecule has 0 bridgehead atoms. The van der Waals surface area contributed by atoms with E-state index in [4.69, 9.17) is 4.74 Å². The summed E-state index contributed by atoms with van der Waals surface area (Å²) in [4.78, 5) is 0. The zero-order chi connectivity index (χ0) is 13.6. The average Bonchev–Trinajstić information content (AvgIpc) is 2.79. The van der Waals surface area contributed by atoms with Crippen molar-refractivity contribution in [2.75, 3.05) is 20.2 Å². The Labute approximate surface area is 116 Å². The summed E-state index contributed by atoms with van der Waals surface area (Å²) in [7, 11) is 1.78. The molecule has 0 aromatic heterocycles. The van der Waals surface area contributed by atoms with Crippen LogP contribution in [-0.2, 0) is 0 Å². The third-order valence-corrected chi connectivity index (χ3v) is 5.41. The van der Waals surface area contributed by atoms with E-state index in [1.54, 1.807) is 12.7 Å². The maximum Gasteiger partial charge on any atom is 0.124 e. The Balaban J connectivity index is 1.93. The molecule has 0 radical (unpaired) electrons. The minimum absolute atomic E-state index is 0.624. The van der Waals surface area contributed by atoms with Crippen LogP contribution in [0.3, 0.4) is 0 Å². The van der Waals surface area contributed by atoms with Gasteiger partial charge in [0.2, 0.25) is 0 Å². The van der Waals surface area contributed by atoms with E-state index in [9.17, 15) is 0 Å². The number of ether oxygens (including phenoxy) is 1. The summed E-state index contributed by atoms with van der Waals surface area (Å²) in [5, 5.41) is 3.45. The van der Waals surface area contributed by atoms with Gasteiger partial charge >= 0.3 is 0 Å². The number of benzene rings is 1. The molecule has 1 aromatic carbocycles. The first-order chi connectivity index (χ1) is 9.06. The quantitative estimate of drug-likeness (QED) is 0.878. The summed E-state index contributed by atoms with van der Waals surface area (Å²) in [6.45, 7) is 9.09. The first kappa shape index (κ1) is 13.0. The van der Waals surface area contributed by atoms with Crippen LogP contribution in [0.1, 0.15) is 47.4 Å². The number of nitrogens with one attached hydrogen (secondary N) is 1. The minimum Gasteiger partial charge on any atom is -0.496 e. The number of methoxy groups -OCH3 is 1. The largest absolute Gasteiger partial charge is 0.496 e. The van der Waals surface area contributed by atoms with Gasteiger partial charge in [-0.1, -0.05) is 6.07 Å². The van der Waals surface area contributed by atoms with E-state index in [1.165, 1.54) is 49.0 Å². The fourth-order valence-corrected chi connectivity index (χ4v) is 4.10. The Morgan fingerprint density at radius 3 is 2.47 bits per heavy atom. The van der Waals surface area contributed by atoms with Gasteiger partial charge in [-0.3, -0.25) is 0 Å². The van der Waals surface area contributed by atoms with Crippen molar-refractivity contribution in [2.45, 2.75) is 46.0 Å². The third kappa shape index (κ3) is 1.97. The Morgan fingerprint density at radius 2 is 1.95 bits per heavy atom. The van der Waals surface area contributed by atoms with Crippen molar-refractivity contribution in [3.63, 3.8) is 0 Å². The SMILES string of the molecule is COc1c(C)cc(C2CCC3(CNC3)C2)c(C)c1C. The smallest absolute Gasteiger partial charge is 0.124 e. The average molecular weight is 259 g/mol. The summed E-state index contributed by atoms with van der Waals surface area (Å²) < 4.78 is 5.54. The summed E-state index contributed by atoms with van der Waals surface area (Å²) in [6, 6.07) is 2.37. The van der Waals surface area contributed by atoms with Crippen LogP contribution in [0.2, 0.25) is 0 Å². The van der Waals surface area contributed by atoms with Crippen molar-refractivity contribution >= 4 is 0 Å². The van der Waals surface area contributed by atoms with E-state index in [2.05, 4.69) is 32.2 Å². The highest BCUT2D eigenvalue weighted by molar-refractivity contribution is 5.50. The van der Waals surface area contributed by atoms with Crippen LogP contribution in [0.25, 0.3) is 0 Å². The molecule has 1 saturated carbocycles. The van der Waals surface area contributed by atoms with Gasteiger partial charge in [-0.2, -0.15) is 0 Å². The lowest BCUT2D eigenvalue weighted by Crippen LogP contribution is -2.51. The second-order valence-corrected chi connectivity index (χ2v) is 6.61. The van der Waals surface area contributed by atoms with Gasteiger partial charge in [-0.15, -0.1) is 0 Å². The predicted octanol–water partition coefficient (Wildman–Crippen LogP) is 3.48. The molecule has 2 heteroatoms. The highest BCUT2D eigenvalue weighted by atomic mass is 16.5. The first-order valence-electron chi connectivity index (χ1n) is 7.42. The molecule has 2 aliphatic rings. The van der Waals surface area contributed by atoms with Crippen molar-refractivity contribution in [1.29, 1.82) is 0 Å². The topological polar surface area (TPSA) is 21.3 Å². The highest BCUT2D eigenvalue weighted by Gasteiger charge is 2.44. The molecule has 0 amide bonds. The van der Waals surface area contributed by atoms with Crippen LogP contribution >= 0.6 is 0 Å². The van der Waals surface area contributed by atoms with Crippen molar-refractivity contribution in [2.24, 2.45) is 5.41 Å². The molecule has 1 aliphatic carbocycles. The maximum absolute atomic E-state index is 5.54. The molecular weight excluding hydrogens is 234 g/mol. The van der Waals surface area contributed by atoms with Gasteiger partial charge in [0, 0.05) is 13.1 Å². The lowest BCUT2D eigenvalue weighted by Gasteiger charge is -2.39. The summed E-state index contributed by atoms with van der Waals surface area (Å²) >= 11 is 0. The van der Waals surface area contributed by atoms with Crippen LogP contribution in [0.4, 0.5) is 0 Å². The molecule has 1 heterocycles. The van der Waals surface area contributed by atoms with Crippen molar-refractivity contribution in [1.82, 2.24) is 5.32 Å². The molecule has 3 rings (SSSR count). The lowest BCUT2D eigenvalue weighted by atomic mass is 9.78. The second kappa shape index (κ2) is 4.52. The van der Waals surface area contributed by atoms with Crippen LogP contribution in [-0.4, -0.2) is 20.2 Å². The molecule has 19 heavy (non-hydrogen) atoms. The summed E-state index contributed by atoms with van der Waals surface area (Å²) in [5.41, 5.74) is 6.24. The summed E-state index contributed by atoms with van der Waals surface area (Å²) in [6.07, 6.45) is 4.12. The molecule has 1 aromatic rings. The molecule has 1 unspecified atom stereocenters. The maximum atomic E-state index is 5.54. The number of rotatable bonds is 2. The molecule has 1 spiro atoms. The van der Waals surface area contributed by atoms with Crippen LogP contribution in [0.15, 0.2) is 6.07 Å². The van der Waals surface area contributed by atoms with Crippen molar-refractivity contribution in [3.05, 3.63) is 28.3 Å². The minimum atomic E-state index is 0.624. The molecular formula is C17H25NO. The third-order valence-electron chi connectivity index (χ3n) is 5.41. The molecule has 1 atom stereocenters. The molecule has 1 saturated heterocycles. The van der Waals surface area contributed by atoms with Gasteiger partial charge in [-0.25, -0.2) is 0 Å². The van der Waals surface area contributed by atoms with E-state index < -0.39 is 0 Å². The Bertz CT molecular complexity index is 502. The van der Waals surface area contributed by atoms with Gasteiger partial charge in [-0.05, 0) is 73.6 Å². The monoisotopic (exact) mass is 259 g/mol. The van der Waals surface area contributed by atoms with Crippen LogP contribution in [0.5, 0.6) is 5.75 Å². The van der Waals surface area contributed by atoms with E-state index in [-0.39, 0.29) is 0 Å². The molecule has 2 fully saturated rings. The zero-order valence-electron chi connectivity index (χ0n) is 12.6. The van der Waals surface area contributed by atoms with Gasteiger partial charge in [0.05, 0.1) is 7.11 Å². The predicted molar refractivity (Wildman–Crippen MR) is 79.1 cm³/mol. The molecule has 1 N–H and O–H groups in total. The standard InChI is InChI=1S/C17H25NO/c1-11-7-15(12(2)13(3)16(11)19-4)14-5-6-17(8-14)9-18-10-17/h7,14,18H,5-6,8-10H2,1-4H3. The van der Waals surface area contributed by atoms with E-state index in [0.717, 1.165) is 11.7 Å². The normalized spacial score (nSPS) is 24.5. The van der Waals surface area contributed by atoms with Crippen LogP contribution in [0, 0.1) is 26.2 Å². The number of hydrogen-bond acceptors (Lipinski definition) is 2. The fourth-order valence-electron chi connectivity index (χ4n) is 4.10. The van der Waals surface area contributed by atoms with Crippen LogP contribution < -0.4 is 10.1 Å². The van der Waals surface area contributed by atoms with Gasteiger partial charge in [0.1, 0.15) is 5.75 Å². The van der Waals surface area contributed by atoms with Gasteiger partial charge in [0.25, 0.3) is 0 Å². The lowest BCUT2D eigenvalue weighted by molar-refractivity contribution is 0.175. The second-order valence-electron chi connectivity index (χ2n) is 6.61. The Hall–Kier alpha value is -1.02. The number of hydrogen-bond donors (Lipinski definition) is 1. The van der Waals surface area contributed by atoms with Gasteiger partial charge in [0.15, 0.2) is 0 Å². The van der Waals surface area contributed by atoms with Gasteiger partial charge < -0.3 is 10.1 Å². The zero-order valence-corrected chi connectivity index (χ0v) is 12.6. The number of aryl methyl sites for hydroxylation is 1. The Kier molecular flexibility index (Phi) is 3.09. The summed E-state index contributed by atoms with van der Waals surface area (Å²) in [5.74, 6) is 1.82. The van der Waals surface area contributed by atoms with E-state index >= 15 is 0 Å². The molecule has 104 valence electrons. The molecule has 1 aliphatic heterocycles. The molecule has 2 nitrogen and oxygen atoms in total. The van der Waals surface area contributed by atoms with E-state index in [1.807, 2.05) is 0 Å².